The topological polar surface area (TPSA) is 69.6 Å². The Morgan fingerprint density at radius 1 is 1.29 bits per heavy atom. The number of rotatable bonds is 3. The van der Waals surface area contributed by atoms with Gasteiger partial charge < -0.3 is 5.73 Å². The fraction of sp³-hybridized carbons (Fsp3) is 0.364. The maximum Gasteiger partial charge on any atom is 0.176 e. The normalized spacial score (nSPS) is 10.8. The van der Waals surface area contributed by atoms with E-state index in [1.54, 1.807) is 16.8 Å². The Hall–Kier alpha value is -1.46. The average Bonchev–Trinajstić information content (AvgIpc) is 2.59. The van der Waals surface area contributed by atoms with Crippen LogP contribution in [0.25, 0.3) is 5.82 Å². The van der Waals surface area contributed by atoms with Crippen LogP contribution >= 0.6 is 11.6 Å². The van der Waals surface area contributed by atoms with Gasteiger partial charge in [-0.15, -0.1) is 10.2 Å². The van der Waals surface area contributed by atoms with Gasteiger partial charge in [0.1, 0.15) is 0 Å². The molecular weight excluding hydrogens is 238 g/mol. The molecule has 0 aromatic carbocycles. The van der Waals surface area contributed by atoms with Crippen molar-refractivity contribution in [3.05, 3.63) is 34.2 Å². The summed E-state index contributed by atoms with van der Waals surface area (Å²) < 4.78 is 1.77. The quantitative estimate of drug-likeness (QED) is 0.896. The number of halogens is 1. The number of nitrogens with zero attached hydrogens (tertiary/aromatic N) is 4. The first-order valence-corrected chi connectivity index (χ1v) is 5.76. The van der Waals surface area contributed by atoms with Crippen LogP contribution < -0.4 is 5.73 Å². The van der Waals surface area contributed by atoms with Gasteiger partial charge in [0.15, 0.2) is 11.0 Å². The van der Waals surface area contributed by atoms with Crippen molar-refractivity contribution in [1.29, 1.82) is 0 Å². The van der Waals surface area contributed by atoms with Gasteiger partial charge in [-0.05, 0) is 44.5 Å². The molecule has 0 spiro atoms. The van der Waals surface area contributed by atoms with E-state index in [0.29, 0.717) is 17.5 Å². The summed E-state index contributed by atoms with van der Waals surface area (Å²) in [4.78, 5) is 0. The lowest BCUT2D eigenvalue weighted by atomic mass is 10.1. The molecule has 90 valence electrons. The van der Waals surface area contributed by atoms with Gasteiger partial charge in [0.05, 0.1) is 5.69 Å². The van der Waals surface area contributed by atoms with E-state index in [0.717, 1.165) is 17.8 Å². The van der Waals surface area contributed by atoms with Gasteiger partial charge in [-0.3, -0.25) is 0 Å². The Morgan fingerprint density at radius 3 is 2.65 bits per heavy atom. The zero-order valence-corrected chi connectivity index (χ0v) is 10.6. The monoisotopic (exact) mass is 251 g/mol. The van der Waals surface area contributed by atoms with Crippen molar-refractivity contribution in [3.63, 3.8) is 0 Å². The lowest BCUT2D eigenvalue weighted by Crippen LogP contribution is -2.06. The molecule has 17 heavy (non-hydrogen) atoms. The smallest absolute Gasteiger partial charge is 0.176 e. The van der Waals surface area contributed by atoms with Crippen LogP contribution in [-0.2, 0) is 6.42 Å². The van der Waals surface area contributed by atoms with Crippen LogP contribution in [0.2, 0.25) is 5.15 Å². The summed E-state index contributed by atoms with van der Waals surface area (Å²) in [5.41, 5.74) is 8.78. The van der Waals surface area contributed by atoms with Gasteiger partial charge in [-0.1, -0.05) is 11.6 Å². The van der Waals surface area contributed by atoms with Crippen molar-refractivity contribution >= 4 is 11.6 Å². The molecule has 0 aliphatic carbocycles. The number of nitrogens with two attached hydrogens (primary N) is 1. The molecule has 2 rings (SSSR count). The zero-order valence-electron chi connectivity index (χ0n) is 9.81. The van der Waals surface area contributed by atoms with Crippen LogP contribution in [0.4, 0.5) is 0 Å². The number of aromatic nitrogens is 4. The molecule has 0 fully saturated rings. The molecule has 5 nitrogen and oxygen atoms in total. The molecular formula is C11H14ClN5. The minimum absolute atomic E-state index is 0.373. The van der Waals surface area contributed by atoms with Crippen molar-refractivity contribution < 1.29 is 0 Å². The molecule has 0 bridgehead atoms. The Balaban J connectivity index is 2.46. The van der Waals surface area contributed by atoms with E-state index >= 15 is 0 Å². The summed E-state index contributed by atoms with van der Waals surface area (Å²) in [5.74, 6) is 0.665. The highest BCUT2D eigenvalue weighted by atomic mass is 35.5. The SMILES string of the molecule is Cc1nn(-c2ccc(Cl)nn2)c(C)c1CCN. The van der Waals surface area contributed by atoms with Crippen LogP contribution in [0.1, 0.15) is 17.0 Å². The molecule has 0 amide bonds. The van der Waals surface area contributed by atoms with Gasteiger partial charge in [-0.2, -0.15) is 5.10 Å². The summed E-state index contributed by atoms with van der Waals surface area (Å²) in [6.45, 7) is 4.58. The Kier molecular flexibility index (Phi) is 3.40. The van der Waals surface area contributed by atoms with Crippen molar-refractivity contribution in [3.8, 4) is 5.82 Å². The molecule has 6 heteroatoms. The molecule has 2 aromatic rings. The van der Waals surface area contributed by atoms with Crippen LogP contribution in [0.5, 0.6) is 0 Å². The van der Waals surface area contributed by atoms with Gasteiger partial charge in [0.2, 0.25) is 0 Å². The molecule has 0 radical (unpaired) electrons. The second-order valence-corrected chi connectivity index (χ2v) is 4.20. The van der Waals surface area contributed by atoms with Gasteiger partial charge in [-0.25, -0.2) is 4.68 Å². The summed E-state index contributed by atoms with van der Waals surface area (Å²) in [6.07, 6.45) is 0.818. The fourth-order valence-electron chi connectivity index (χ4n) is 1.83. The molecule has 2 N–H and O–H groups in total. The highest BCUT2D eigenvalue weighted by Crippen LogP contribution is 2.17. The summed E-state index contributed by atoms with van der Waals surface area (Å²) in [7, 11) is 0. The van der Waals surface area contributed by atoms with E-state index in [1.165, 1.54) is 5.56 Å². The second-order valence-electron chi connectivity index (χ2n) is 3.81. The summed E-state index contributed by atoms with van der Waals surface area (Å²) >= 11 is 5.71. The summed E-state index contributed by atoms with van der Waals surface area (Å²) in [6, 6.07) is 3.49. The maximum atomic E-state index is 5.71. The number of hydrogen-bond donors (Lipinski definition) is 1. The van der Waals surface area contributed by atoms with Crippen LogP contribution in [0.3, 0.4) is 0 Å². The van der Waals surface area contributed by atoms with Crippen LogP contribution in [0, 0.1) is 13.8 Å². The van der Waals surface area contributed by atoms with Crippen molar-refractivity contribution in [2.75, 3.05) is 6.54 Å². The van der Waals surface area contributed by atoms with E-state index in [-0.39, 0.29) is 0 Å². The van der Waals surface area contributed by atoms with Gasteiger partial charge in [0.25, 0.3) is 0 Å². The Bertz CT molecular complexity index is 517. The Labute approximate surface area is 105 Å². The van der Waals surface area contributed by atoms with E-state index in [4.69, 9.17) is 17.3 Å². The molecule has 0 aliphatic rings. The molecule has 0 atom stereocenters. The Morgan fingerprint density at radius 2 is 2.06 bits per heavy atom. The van der Waals surface area contributed by atoms with Crippen LogP contribution in [-0.4, -0.2) is 26.5 Å². The molecule has 2 aromatic heterocycles. The molecule has 0 saturated carbocycles. The molecule has 2 heterocycles. The van der Waals surface area contributed by atoms with Gasteiger partial charge in [0, 0.05) is 5.69 Å². The average molecular weight is 252 g/mol. The number of aryl methyl sites for hydroxylation is 1. The molecule has 0 saturated heterocycles. The maximum absolute atomic E-state index is 5.71. The third-order valence-electron chi connectivity index (χ3n) is 2.67. The first-order valence-electron chi connectivity index (χ1n) is 5.38. The van der Waals surface area contributed by atoms with E-state index in [2.05, 4.69) is 15.3 Å². The summed E-state index contributed by atoms with van der Waals surface area (Å²) in [5, 5.41) is 12.6. The third kappa shape index (κ3) is 2.30. The standard InChI is InChI=1S/C11H14ClN5/c1-7-9(5-6-13)8(2)17(16-7)11-4-3-10(12)14-15-11/h3-4H,5-6,13H2,1-2H3. The van der Waals surface area contributed by atoms with E-state index < -0.39 is 0 Å². The molecule has 0 aliphatic heterocycles. The van der Waals surface area contributed by atoms with Crippen LogP contribution in [0.15, 0.2) is 12.1 Å². The predicted octanol–water partition coefficient (Wildman–Crippen LogP) is 1.43. The molecule has 0 unspecified atom stereocenters. The predicted molar refractivity (Wildman–Crippen MR) is 66.4 cm³/mol. The number of hydrogen-bond acceptors (Lipinski definition) is 4. The first kappa shape index (κ1) is 12.0. The minimum Gasteiger partial charge on any atom is -0.330 e. The first-order chi connectivity index (χ1) is 8.13. The van der Waals surface area contributed by atoms with Gasteiger partial charge >= 0.3 is 0 Å². The van der Waals surface area contributed by atoms with Crippen molar-refractivity contribution in [2.45, 2.75) is 20.3 Å². The largest absolute Gasteiger partial charge is 0.330 e. The fourth-order valence-corrected chi connectivity index (χ4v) is 1.93. The van der Waals surface area contributed by atoms with Crippen molar-refractivity contribution in [1.82, 2.24) is 20.0 Å². The lowest BCUT2D eigenvalue weighted by molar-refractivity contribution is 0.780. The third-order valence-corrected chi connectivity index (χ3v) is 2.87. The minimum atomic E-state index is 0.373. The van der Waals surface area contributed by atoms with E-state index in [1.807, 2.05) is 13.8 Å². The highest BCUT2D eigenvalue weighted by Gasteiger charge is 2.12. The zero-order chi connectivity index (χ0) is 12.4. The van der Waals surface area contributed by atoms with E-state index in [9.17, 15) is 0 Å². The highest BCUT2D eigenvalue weighted by molar-refractivity contribution is 6.29. The lowest BCUT2D eigenvalue weighted by Gasteiger charge is -2.03. The second kappa shape index (κ2) is 4.81. The van der Waals surface area contributed by atoms with Crippen molar-refractivity contribution in [2.24, 2.45) is 5.73 Å².